The zero-order valence-electron chi connectivity index (χ0n) is 15.1. The Morgan fingerprint density at radius 3 is 2.68 bits per heavy atom. The maximum Gasteiger partial charge on any atom is 0.338 e. The van der Waals surface area contributed by atoms with Gasteiger partial charge in [-0.15, -0.1) is 6.42 Å². The lowest BCUT2D eigenvalue weighted by molar-refractivity contribution is -0.117. The molecule has 0 saturated heterocycles. The first kappa shape index (κ1) is 19.5. The van der Waals surface area contributed by atoms with Crippen LogP contribution in [0.1, 0.15) is 22.8 Å². The van der Waals surface area contributed by atoms with Crippen LogP contribution in [0.15, 0.2) is 47.5 Å². The van der Waals surface area contributed by atoms with E-state index in [2.05, 4.69) is 10.9 Å². The average molecular weight is 396 g/mol. The average Bonchev–Trinajstić information content (AvgIpc) is 3.00. The minimum Gasteiger partial charge on any atom is -0.462 e. The summed E-state index contributed by atoms with van der Waals surface area (Å²) in [5.74, 6) is 1.42. The normalized spacial score (nSPS) is 11.4. The molecule has 0 N–H and O–H groups in total. The van der Waals surface area contributed by atoms with Crippen LogP contribution >= 0.6 is 11.3 Å². The molecule has 5 nitrogen and oxygen atoms in total. The van der Waals surface area contributed by atoms with Crippen molar-refractivity contribution in [1.82, 2.24) is 4.57 Å². The molecular formula is C21H17FN2O3S. The molecule has 2 aromatic carbocycles. The number of terminal acetylenes is 1. The molecule has 1 aromatic heterocycles. The van der Waals surface area contributed by atoms with Crippen LogP contribution in [-0.2, 0) is 22.5 Å². The van der Waals surface area contributed by atoms with Crippen molar-refractivity contribution in [3.8, 4) is 12.3 Å². The first-order valence-corrected chi connectivity index (χ1v) is 9.39. The molecule has 1 amide bonds. The minimum atomic E-state index is -0.410. The lowest BCUT2D eigenvalue weighted by Crippen LogP contribution is -2.17. The summed E-state index contributed by atoms with van der Waals surface area (Å²) in [4.78, 5) is 28.9. The Morgan fingerprint density at radius 1 is 1.25 bits per heavy atom. The van der Waals surface area contributed by atoms with Gasteiger partial charge in [0.15, 0.2) is 4.80 Å². The third kappa shape index (κ3) is 4.35. The summed E-state index contributed by atoms with van der Waals surface area (Å²) < 4.78 is 20.5. The highest BCUT2D eigenvalue weighted by Crippen LogP contribution is 2.20. The van der Waals surface area contributed by atoms with Crippen LogP contribution in [0.4, 0.5) is 4.39 Å². The number of thiazole rings is 1. The molecule has 0 aliphatic carbocycles. The number of amides is 1. The van der Waals surface area contributed by atoms with Gasteiger partial charge in [0.25, 0.3) is 5.91 Å². The second-order valence-electron chi connectivity index (χ2n) is 5.89. The number of carbonyl (C=O) groups excluding carboxylic acids is 2. The molecule has 0 spiro atoms. The van der Waals surface area contributed by atoms with Gasteiger partial charge < -0.3 is 9.30 Å². The highest BCUT2D eigenvalue weighted by Gasteiger charge is 2.12. The molecule has 0 saturated carbocycles. The smallest absolute Gasteiger partial charge is 0.338 e. The fraction of sp³-hybridized carbons (Fsp3) is 0.190. The van der Waals surface area contributed by atoms with Crippen LogP contribution < -0.4 is 4.80 Å². The van der Waals surface area contributed by atoms with Crippen molar-refractivity contribution >= 4 is 33.4 Å². The van der Waals surface area contributed by atoms with E-state index in [1.165, 1.54) is 23.5 Å². The van der Waals surface area contributed by atoms with E-state index in [-0.39, 0.29) is 31.3 Å². The van der Waals surface area contributed by atoms with Crippen molar-refractivity contribution < 1.29 is 18.7 Å². The van der Waals surface area contributed by atoms with Crippen LogP contribution in [0.25, 0.3) is 10.2 Å². The molecule has 3 rings (SSSR count). The Hall–Kier alpha value is -3.24. The van der Waals surface area contributed by atoms with Gasteiger partial charge in [0, 0.05) is 0 Å². The van der Waals surface area contributed by atoms with Crippen molar-refractivity contribution in [2.75, 3.05) is 6.61 Å². The van der Waals surface area contributed by atoms with Gasteiger partial charge in [-0.3, -0.25) is 4.79 Å². The van der Waals surface area contributed by atoms with Crippen molar-refractivity contribution in [3.63, 3.8) is 0 Å². The first-order chi connectivity index (χ1) is 13.5. The highest BCUT2D eigenvalue weighted by molar-refractivity contribution is 7.16. The summed E-state index contributed by atoms with van der Waals surface area (Å²) in [7, 11) is 0. The zero-order chi connectivity index (χ0) is 20.1. The number of aromatic nitrogens is 1. The molecule has 3 aromatic rings. The fourth-order valence-corrected chi connectivity index (χ4v) is 3.75. The van der Waals surface area contributed by atoms with Gasteiger partial charge in [-0.25, -0.2) is 9.18 Å². The fourth-order valence-electron chi connectivity index (χ4n) is 2.67. The lowest BCUT2D eigenvalue weighted by atomic mass is 10.1. The second-order valence-corrected chi connectivity index (χ2v) is 6.90. The van der Waals surface area contributed by atoms with E-state index in [1.54, 1.807) is 41.8 Å². The van der Waals surface area contributed by atoms with E-state index in [1.807, 2.05) is 0 Å². The third-order valence-corrected chi connectivity index (χ3v) is 4.97. The van der Waals surface area contributed by atoms with Crippen LogP contribution in [0, 0.1) is 18.2 Å². The minimum absolute atomic E-state index is 0.0542. The van der Waals surface area contributed by atoms with Crippen LogP contribution in [0.5, 0.6) is 0 Å². The zero-order valence-corrected chi connectivity index (χ0v) is 16.0. The molecule has 0 fully saturated rings. The predicted octanol–water partition coefficient (Wildman–Crippen LogP) is 3.32. The van der Waals surface area contributed by atoms with E-state index in [0.29, 0.717) is 15.9 Å². The second kappa shape index (κ2) is 8.63. The lowest BCUT2D eigenvalue weighted by Gasteiger charge is -2.03. The number of carbonyl (C=O) groups is 2. The van der Waals surface area contributed by atoms with Crippen LogP contribution in [-0.4, -0.2) is 23.1 Å². The van der Waals surface area contributed by atoms with Gasteiger partial charge in [-0.1, -0.05) is 29.4 Å². The monoisotopic (exact) mass is 396 g/mol. The highest BCUT2D eigenvalue weighted by atomic mass is 32.1. The van der Waals surface area contributed by atoms with Crippen molar-refractivity contribution in [1.29, 1.82) is 0 Å². The summed E-state index contributed by atoms with van der Waals surface area (Å²) >= 11 is 1.27. The topological polar surface area (TPSA) is 60.7 Å². The van der Waals surface area contributed by atoms with Crippen molar-refractivity contribution in [3.05, 3.63) is 64.2 Å². The van der Waals surface area contributed by atoms with E-state index < -0.39 is 5.97 Å². The van der Waals surface area contributed by atoms with Crippen LogP contribution in [0.3, 0.4) is 0 Å². The van der Waals surface area contributed by atoms with Crippen LogP contribution in [0.2, 0.25) is 0 Å². The number of benzene rings is 2. The summed E-state index contributed by atoms with van der Waals surface area (Å²) in [6, 6.07) is 10.8. The van der Waals surface area contributed by atoms with Gasteiger partial charge in [-0.2, -0.15) is 4.99 Å². The number of hydrogen-bond donors (Lipinski definition) is 0. The molecule has 0 aliphatic rings. The maximum atomic E-state index is 13.0. The summed E-state index contributed by atoms with van der Waals surface area (Å²) in [5, 5.41) is 0. The first-order valence-electron chi connectivity index (χ1n) is 8.57. The Morgan fingerprint density at radius 2 is 2.00 bits per heavy atom. The molecular weight excluding hydrogens is 379 g/mol. The maximum absolute atomic E-state index is 13.0. The number of nitrogens with zero attached hydrogens (tertiary/aromatic N) is 2. The summed E-state index contributed by atoms with van der Waals surface area (Å²) in [5.41, 5.74) is 1.88. The third-order valence-electron chi connectivity index (χ3n) is 3.93. The largest absolute Gasteiger partial charge is 0.462 e. The SMILES string of the molecule is C#CCn1c(=NC(=O)Cc2ccc(F)cc2)sc2cc(C(=O)OCC)ccc21. The van der Waals surface area contributed by atoms with E-state index in [0.717, 1.165) is 10.2 Å². The standard InChI is InChI=1S/C21H17FN2O3S/c1-3-11-24-17-10-7-15(20(26)27-4-2)13-18(17)28-21(24)23-19(25)12-14-5-8-16(22)9-6-14/h1,5-10,13H,4,11-12H2,2H3. The molecule has 0 aliphatic heterocycles. The number of esters is 1. The number of ether oxygens (including phenoxy) is 1. The Balaban J connectivity index is 1.98. The molecule has 28 heavy (non-hydrogen) atoms. The molecule has 0 radical (unpaired) electrons. The van der Waals surface area contributed by atoms with Crippen molar-refractivity contribution in [2.45, 2.75) is 19.9 Å². The molecule has 142 valence electrons. The Bertz CT molecular complexity index is 1140. The quantitative estimate of drug-likeness (QED) is 0.491. The summed E-state index contributed by atoms with van der Waals surface area (Å²) in [6.45, 7) is 2.27. The number of rotatable bonds is 5. The predicted molar refractivity (Wildman–Crippen MR) is 105 cm³/mol. The molecule has 7 heteroatoms. The number of halogens is 1. The molecule has 1 heterocycles. The Kier molecular flexibility index (Phi) is 6.02. The number of fused-ring (bicyclic) bond motifs is 1. The van der Waals surface area contributed by atoms with E-state index in [9.17, 15) is 14.0 Å². The van der Waals surface area contributed by atoms with Gasteiger partial charge >= 0.3 is 5.97 Å². The van der Waals surface area contributed by atoms with E-state index >= 15 is 0 Å². The number of hydrogen-bond acceptors (Lipinski definition) is 4. The van der Waals surface area contributed by atoms with E-state index in [4.69, 9.17) is 11.2 Å². The van der Waals surface area contributed by atoms with Gasteiger partial charge in [0.1, 0.15) is 5.82 Å². The molecule has 0 bridgehead atoms. The van der Waals surface area contributed by atoms with Gasteiger partial charge in [0.2, 0.25) is 0 Å². The summed E-state index contributed by atoms with van der Waals surface area (Å²) in [6.07, 6.45) is 5.52. The van der Waals surface area contributed by atoms with Gasteiger partial charge in [0.05, 0.1) is 35.4 Å². The molecule has 0 atom stereocenters. The van der Waals surface area contributed by atoms with Gasteiger partial charge in [-0.05, 0) is 42.8 Å². The molecule has 0 unspecified atom stereocenters. The Labute approximate surface area is 165 Å². The van der Waals surface area contributed by atoms with Crippen molar-refractivity contribution in [2.24, 2.45) is 4.99 Å².